The number of aryl methyl sites for hydroxylation is 1. The van der Waals surface area contributed by atoms with Crippen LogP contribution in [0.2, 0.25) is 0 Å². The molecule has 1 unspecified atom stereocenters. The SMILES string of the molecule is CCC(Br)CCCc1nc2ccccc2s1. The summed E-state index contributed by atoms with van der Waals surface area (Å²) in [5, 5.41) is 1.28. The van der Waals surface area contributed by atoms with E-state index < -0.39 is 0 Å². The average molecular weight is 298 g/mol. The van der Waals surface area contributed by atoms with Gasteiger partial charge in [0, 0.05) is 4.83 Å². The molecule has 1 atom stereocenters. The molecule has 1 nitrogen and oxygen atoms in total. The molecule has 0 bridgehead atoms. The zero-order valence-corrected chi connectivity index (χ0v) is 11.9. The van der Waals surface area contributed by atoms with Crippen LogP contribution in [-0.4, -0.2) is 9.81 Å². The quantitative estimate of drug-likeness (QED) is 0.723. The topological polar surface area (TPSA) is 12.9 Å². The molecule has 0 amide bonds. The third-order valence-electron chi connectivity index (χ3n) is 2.69. The van der Waals surface area contributed by atoms with Crippen LogP contribution in [0.5, 0.6) is 0 Å². The molecule has 3 heteroatoms. The molecule has 0 radical (unpaired) electrons. The fourth-order valence-corrected chi connectivity index (χ4v) is 3.04. The number of thiazole rings is 1. The summed E-state index contributed by atoms with van der Waals surface area (Å²) in [5.41, 5.74) is 1.15. The standard InChI is InChI=1S/C13H16BrNS/c1-2-10(14)6-5-9-13-15-11-7-3-4-8-12(11)16-13/h3-4,7-8,10H,2,5-6,9H2,1H3. The van der Waals surface area contributed by atoms with Crippen molar-refractivity contribution >= 4 is 37.5 Å². The van der Waals surface area contributed by atoms with Crippen molar-refractivity contribution in [1.29, 1.82) is 0 Å². The maximum Gasteiger partial charge on any atom is 0.0938 e. The fourth-order valence-electron chi connectivity index (χ4n) is 1.71. The lowest BCUT2D eigenvalue weighted by molar-refractivity contribution is 0.688. The number of hydrogen-bond donors (Lipinski definition) is 0. The van der Waals surface area contributed by atoms with Crippen molar-refractivity contribution in [2.45, 2.75) is 37.4 Å². The first-order chi connectivity index (χ1) is 7.79. The van der Waals surface area contributed by atoms with Crippen LogP contribution in [0.1, 0.15) is 31.2 Å². The molecule has 0 spiro atoms. The first kappa shape index (κ1) is 12.1. The molecule has 2 rings (SSSR count). The molecule has 0 saturated carbocycles. The molecule has 16 heavy (non-hydrogen) atoms. The van der Waals surface area contributed by atoms with Gasteiger partial charge in [0.2, 0.25) is 0 Å². The number of benzene rings is 1. The average Bonchev–Trinajstić information content (AvgIpc) is 2.71. The van der Waals surface area contributed by atoms with Crippen LogP contribution >= 0.6 is 27.3 Å². The highest BCUT2D eigenvalue weighted by Crippen LogP contribution is 2.23. The number of alkyl halides is 1. The molecule has 1 aromatic carbocycles. The van der Waals surface area contributed by atoms with Gasteiger partial charge in [-0.25, -0.2) is 4.98 Å². The number of hydrogen-bond acceptors (Lipinski definition) is 2. The predicted molar refractivity (Wildman–Crippen MR) is 75.6 cm³/mol. The number of rotatable bonds is 5. The second-order valence-electron chi connectivity index (χ2n) is 3.97. The molecule has 1 aromatic heterocycles. The van der Waals surface area contributed by atoms with E-state index in [4.69, 9.17) is 0 Å². The van der Waals surface area contributed by atoms with E-state index in [9.17, 15) is 0 Å². The molecular formula is C13H16BrNS. The lowest BCUT2D eigenvalue weighted by Crippen LogP contribution is -1.96. The Labute approximate surface area is 109 Å². The Balaban J connectivity index is 1.94. The van der Waals surface area contributed by atoms with E-state index >= 15 is 0 Å². The molecule has 2 aromatic rings. The Morgan fingerprint density at radius 2 is 2.19 bits per heavy atom. The van der Waals surface area contributed by atoms with Crippen molar-refractivity contribution < 1.29 is 0 Å². The lowest BCUT2D eigenvalue weighted by Gasteiger charge is -2.03. The van der Waals surface area contributed by atoms with E-state index in [-0.39, 0.29) is 0 Å². The molecule has 0 fully saturated rings. The Hall–Kier alpha value is -0.410. The van der Waals surface area contributed by atoms with Gasteiger partial charge >= 0.3 is 0 Å². The highest BCUT2D eigenvalue weighted by Gasteiger charge is 2.05. The largest absolute Gasteiger partial charge is 0.241 e. The van der Waals surface area contributed by atoms with Crippen LogP contribution in [0, 0.1) is 0 Å². The van der Waals surface area contributed by atoms with Gasteiger partial charge in [0.25, 0.3) is 0 Å². The number of halogens is 1. The summed E-state index contributed by atoms with van der Waals surface area (Å²) in [6, 6.07) is 8.37. The van der Waals surface area contributed by atoms with Crippen molar-refractivity contribution in [3.63, 3.8) is 0 Å². The minimum atomic E-state index is 0.668. The summed E-state index contributed by atoms with van der Waals surface area (Å²) in [4.78, 5) is 5.31. The summed E-state index contributed by atoms with van der Waals surface area (Å²) >= 11 is 5.50. The van der Waals surface area contributed by atoms with Crippen molar-refractivity contribution in [2.24, 2.45) is 0 Å². The zero-order chi connectivity index (χ0) is 11.4. The van der Waals surface area contributed by atoms with Gasteiger partial charge in [-0.1, -0.05) is 35.0 Å². The van der Waals surface area contributed by atoms with E-state index in [2.05, 4.69) is 52.1 Å². The second kappa shape index (κ2) is 5.78. The maximum absolute atomic E-state index is 4.64. The highest BCUT2D eigenvalue weighted by molar-refractivity contribution is 9.09. The minimum absolute atomic E-state index is 0.668. The maximum atomic E-state index is 4.64. The molecular weight excluding hydrogens is 282 g/mol. The lowest BCUT2D eigenvalue weighted by atomic mass is 10.2. The van der Waals surface area contributed by atoms with E-state index in [0.717, 1.165) is 11.9 Å². The molecule has 0 N–H and O–H groups in total. The van der Waals surface area contributed by atoms with E-state index in [1.54, 1.807) is 0 Å². The van der Waals surface area contributed by atoms with Gasteiger partial charge in [-0.15, -0.1) is 11.3 Å². The molecule has 0 aliphatic heterocycles. The fraction of sp³-hybridized carbons (Fsp3) is 0.462. The van der Waals surface area contributed by atoms with Crippen LogP contribution in [-0.2, 0) is 6.42 Å². The van der Waals surface area contributed by atoms with Crippen molar-refractivity contribution in [2.75, 3.05) is 0 Å². The molecule has 0 aliphatic rings. The summed E-state index contributed by atoms with van der Waals surface area (Å²) in [6.45, 7) is 2.22. The van der Waals surface area contributed by atoms with Crippen LogP contribution in [0.3, 0.4) is 0 Å². The normalized spacial score (nSPS) is 13.1. The Kier molecular flexibility index (Phi) is 4.36. The smallest absolute Gasteiger partial charge is 0.0938 e. The summed E-state index contributed by atoms with van der Waals surface area (Å²) in [5.74, 6) is 0. The van der Waals surface area contributed by atoms with Gasteiger partial charge in [-0.05, 0) is 37.8 Å². The zero-order valence-electron chi connectivity index (χ0n) is 9.45. The summed E-state index contributed by atoms with van der Waals surface area (Å²) < 4.78 is 1.31. The van der Waals surface area contributed by atoms with Gasteiger partial charge in [-0.3, -0.25) is 0 Å². The second-order valence-corrected chi connectivity index (χ2v) is 6.38. The minimum Gasteiger partial charge on any atom is -0.241 e. The Bertz CT molecular complexity index is 419. The van der Waals surface area contributed by atoms with E-state index in [1.807, 2.05) is 11.3 Å². The van der Waals surface area contributed by atoms with Gasteiger partial charge in [0.15, 0.2) is 0 Å². The molecule has 1 heterocycles. The van der Waals surface area contributed by atoms with Gasteiger partial charge in [-0.2, -0.15) is 0 Å². The van der Waals surface area contributed by atoms with Crippen molar-refractivity contribution in [3.05, 3.63) is 29.3 Å². The van der Waals surface area contributed by atoms with Gasteiger partial charge < -0.3 is 0 Å². The van der Waals surface area contributed by atoms with Gasteiger partial charge in [0.05, 0.1) is 15.2 Å². The van der Waals surface area contributed by atoms with Gasteiger partial charge in [0.1, 0.15) is 0 Å². The first-order valence-corrected chi connectivity index (χ1v) is 7.51. The first-order valence-electron chi connectivity index (χ1n) is 5.78. The van der Waals surface area contributed by atoms with E-state index in [1.165, 1.54) is 29.0 Å². The number of fused-ring (bicyclic) bond motifs is 1. The third kappa shape index (κ3) is 3.05. The van der Waals surface area contributed by atoms with Crippen molar-refractivity contribution in [3.8, 4) is 0 Å². The Morgan fingerprint density at radius 3 is 2.94 bits per heavy atom. The number of para-hydroxylation sites is 1. The summed E-state index contributed by atoms with van der Waals surface area (Å²) in [6.07, 6.45) is 4.79. The van der Waals surface area contributed by atoms with Crippen LogP contribution in [0.15, 0.2) is 24.3 Å². The molecule has 0 aliphatic carbocycles. The molecule has 86 valence electrons. The van der Waals surface area contributed by atoms with Crippen LogP contribution in [0.25, 0.3) is 10.2 Å². The van der Waals surface area contributed by atoms with Crippen LogP contribution in [0.4, 0.5) is 0 Å². The highest BCUT2D eigenvalue weighted by atomic mass is 79.9. The van der Waals surface area contributed by atoms with E-state index in [0.29, 0.717) is 4.83 Å². The summed E-state index contributed by atoms with van der Waals surface area (Å²) in [7, 11) is 0. The third-order valence-corrected chi connectivity index (χ3v) is 4.89. The molecule has 0 saturated heterocycles. The predicted octanol–water partition coefficient (Wildman–Crippen LogP) is 4.79. The monoisotopic (exact) mass is 297 g/mol. The number of aromatic nitrogens is 1. The van der Waals surface area contributed by atoms with Crippen molar-refractivity contribution in [1.82, 2.24) is 4.98 Å². The Morgan fingerprint density at radius 1 is 1.38 bits per heavy atom. The van der Waals surface area contributed by atoms with Crippen LogP contribution < -0.4 is 0 Å². The number of nitrogens with zero attached hydrogens (tertiary/aromatic N) is 1.